The second-order valence-corrected chi connectivity index (χ2v) is 12.7. The molecule has 7 rings (SSSR count). The molecule has 0 fully saturated rings. The molecular formula is C43H44N2+2. The highest BCUT2D eigenvalue weighted by molar-refractivity contribution is 6.09. The highest BCUT2D eigenvalue weighted by atomic mass is 15.0. The zero-order chi connectivity index (χ0) is 31.0. The van der Waals surface area contributed by atoms with Crippen LogP contribution in [0, 0.1) is 0 Å². The Balaban J connectivity index is 1.39. The molecule has 0 unspecified atom stereocenters. The SMILES string of the molecule is CCCCc1ccc2c3c1ccc1ccc[n+](c13)C(=CCc1ccccc1-c1cc(-c3ccccc3)cc[n+]1C)C2(CC)CC. The molecule has 0 saturated heterocycles. The Hall–Kier alpha value is -4.56. The highest BCUT2D eigenvalue weighted by Gasteiger charge is 2.45. The molecule has 0 saturated carbocycles. The van der Waals surface area contributed by atoms with Crippen LogP contribution in [0.1, 0.15) is 63.1 Å². The van der Waals surface area contributed by atoms with Gasteiger partial charge in [-0.05, 0) is 89.6 Å². The second kappa shape index (κ2) is 12.1. The summed E-state index contributed by atoms with van der Waals surface area (Å²) in [5.74, 6) is 0. The van der Waals surface area contributed by atoms with Crippen molar-refractivity contribution in [1.82, 2.24) is 0 Å². The lowest BCUT2D eigenvalue weighted by Gasteiger charge is -2.35. The van der Waals surface area contributed by atoms with Gasteiger partial charge in [-0.25, -0.2) is 4.57 Å². The lowest BCUT2D eigenvalue weighted by molar-refractivity contribution is -0.660. The van der Waals surface area contributed by atoms with E-state index in [4.69, 9.17) is 0 Å². The number of nitrogens with zero attached hydrogens (tertiary/aromatic N) is 2. The van der Waals surface area contributed by atoms with Gasteiger partial charge in [0.15, 0.2) is 18.1 Å². The monoisotopic (exact) mass is 588 g/mol. The highest BCUT2D eigenvalue weighted by Crippen LogP contribution is 2.48. The normalized spacial score (nSPS) is 14.5. The first-order valence-electron chi connectivity index (χ1n) is 16.8. The average Bonchev–Trinajstić information content (AvgIpc) is 3.09. The number of pyridine rings is 2. The Kier molecular flexibility index (Phi) is 7.83. The van der Waals surface area contributed by atoms with Crippen LogP contribution in [0.15, 0.2) is 122 Å². The van der Waals surface area contributed by atoms with Crippen LogP contribution >= 0.6 is 0 Å². The van der Waals surface area contributed by atoms with Gasteiger partial charge in [0.05, 0.1) is 10.8 Å². The zero-order valence-corrected chi connectivity index (χ0v) is 27.2. The van der Waals surface area contributed by atoms with E-state index in [1.165, 1.54) is 79.3 Å². The quantitative estimate of drug-likeness (QED) is 0.117. The molecule has 6 aromatic rings. The van der Waals surface area contributed by atoms with E-state index in [1.807, 2.05) is 0 Å². The maximum absolute atomic E-state index is 2.54. The zero-order valence-electron chi connectivity index (χ0n) is 27.2. The first kappa shape index (κ1) is 29.2. The summed E-state index contributed by atoms with van der Waals surface area (Å²) in [5, 5.41) is 4.22. The van der Waals surface area contributed by atoms with E-state index in [9.17, 15) is 0 Å². The third-order valence-corrected chi connectivity index (χ3v) is 10.4. The summed E-state index contributed by atoms with van der Waals surface area (Å²) in [6, 6.07) is 38.4. The fraction of sp³-hybridized carbons (Fsp3) is 0.256. The van der Waals surface area contributed by atoms with Gasteiger partial charge in [0.1, 0.15) is 7.05 Å². The van der Waals surface area contributed by atoms with Crippen molar-refractivity contribution in [2.24, 2.45) is 7.05 Å². The van der Waals surface area contributed by atoms with Crippen molar-refractivity contribution in [1.29, 1.82) is 0 Å². The minimum Gasteiger partial charge on any atom is -0.201 e. The Morgan fingerprint density at radius 1 is 0.711 bits per heavy atom. The number of unbranched alkanes of at least 4 members (excludes halogenated alkanes) is 1. The Bertz CT molecular complexity index is 2050. The van der Waals surface area contributed by atoms with Crippen LogP contribution in [0.5, 0.6) is 0 Å². The van der Waals surface area contributed by atoms with Crippen LogP contribution in [-0.4, -0.2) is 0 Å². The fourth-order valence-electron chi connectivity index (χ4n) is 7.85. The molecule has 1 aliphatic heterocycles. The lowest BCUT2D eigenvalue weighted by atomic mass is 9.68. The van der Waals surface area contributed by atoms with Gasteiger partial charge in [0, 0.05) is 29.1 Å². The van der Waals surface area contributed by atoms with Gasteiger partial charge < -0.3 is 0 Å². The van der Waals surface area contributed by atoms with Crippen molar-refractivity contribution in [3.63, 3.8) is 0 Å². The van der Waals surface area contributed by atoms with Crippen LogP contribution < -0.4 is 9.13 Å². The molecule has 0 atom stereocenters. The summed E-state index contributed by atoms with van der Waals surface area (Å²) < 4.78 is 4.80. The van der Waals surface area contributed by atoms with E-state index in [0.717, 1.165) is 25.7 Å². The van der Waals surface area contributed by atoms with Gasteiger partial charge in [0.25, 0.3) is 0 Å². The maximum Gasteiger partial charge on any atom is 0.226 e. The second-order valence-electron chi connectivity index (χ2n) is 12.7. The molecule has 224 valence electrons. The summed E-state index contributed by atoms with van der Waals surface area (Å²) in [7, 11) is 2.16. The molecule has 3 heterocycles. The molecule has 0 amide bonds. The lowest BCUT2D eigenvalue weighted by Crippen LogP contribution is -2.47. The van der Waals surface area contributed by atoms with Gasteiger partial charge in [-0.15, -0.1) is 0 Å². The van der Waals surface area contributed by atoms with Crippen LogP contribution in [0.2, 0.25) is 0 Å². The number of aryl methyl sites for hydroxylation is 2. The van der Waals surface area contributed by atoms with E-state index >= 15 is 0 Å². The van der Waals surface area contributed by atoms with E-state index in [2.05, 4.69) is 159 Å². The van der Waals surface area contributed by atoms with E-state index in [1.54, 1.807) is 0 Å². The molecule has 1 aliphatic rings. The van der Waals surface area contributed by atoms with E-state index in [-0.39, 0.29) is 5.41 Å². The first-order valence-corrected chi connectivity index (χ1v) is 16.8. The molecule has 0 bridgehead atoms. The average molecular weight is 589 g/mol. The van der Waals surface area contributed by atoms with Crippen molar-refractivity contribution in [3.05, 3.63) is 138 Å². The number of benzene rings is 4. The predicted octanol–water partition coefficient (Wildman–Crippen LogP) is 9.94. The van der Waals surface area contributed by atoms with Crippen molar-refractivity contribution >= 4 is 27.4 Å². The number of hydrogen-bond acceptors (Lipinski definition) is 0. The molecule has 2 nitrogen and oxygen atoms in total. The van der Waals surface area contributed by atoms with E-state index in [0.29, 0.717) is 0 Å². The van der Waals surface area contributed by atoms with Crippen LogP contribution in [0.3, 0.4) is 0 Å². The molecule has 2 aromatic heterocycles. The van der Waals surface area contributed by atoms with Gasteiger partial charge in [-0.3, -0.25) is 0 Å². The topological polar surface area (TPSA) is 7.76 Å². The van der Waals surface area contributed by atoms with Crippen molar-refractivity contribution in [3.8, 4) is 22.4 Å². The first-order chi connectivity index (χ1) is 22.1. The summed E-state index contributed by atoms with van der Waals surface area (Å²) >= 11 is 0. The van der Waals surface area contributed by atoms with Crippen LogP contribution in [0.25, 0.3) is 49.8 Å². The summed E-state index contributed by atoms with van der Waals surface area (Å²) in [5.41, 5.74) is 12.1. The van der Waals surface area contributed by atoms with Crippen molar-refractivity contribution < 1.29 is 9.13 Å². The minimum atomic E-state index is -0.0539. The Morgan fingerprint density at radius 2 is 1.51 bits per heavy atom. The van der Waals surface area contributed by atoms with Crippen molar-refractivity contribution in [2.75, 3.05) is 0 Å². The summed E-state index contributed by atoms with van der Waals surface area (Å²) in [4.78, 5) is 0. The van der Waals surface area contributed by atoms with Crippen molar-refractivity contribution in [2.45, 2.75) is 64.7 Å². The molecule has 0 radical (unpaired) electrons. The Labute approximate surface area is 268 Å². The molecule has 0 N–H and O–H groups in total. The summed E-state index contributed by atoms with van der Waals surface area (Å²) in [6.45, 7) is 7.05. The number of hydrogen-bond donors (Lipinski definition) is 0. The van der Waals surface area contributed by atoms with Gasteiger partial charge in [-0.2, -0.15) is 4.57 Å². The molecule has 2 heteroatoms. The maximum atomic E-state index is 2.54. The minimum absolute atomic E-state index is 0.0539. The standard InChI is InChI=1S/C43H44N2/c1-5-8-15-33-22-25-38-41-37(33)24-21-34-19-14-28-45(42(34)41)40(43(38,6-2)7-3)26-23-32-18-12-13-20-36(32)39-30-35(27-29-44(39)4)31-16-10-9-11-17-31/h9-14,16-22,24-30H,5-8,15,23H2,1-4H3/q+2. The van der Waals surface area contributed by atoms with Gasteiger partial charge in [-0.1, -0.05) is 93.9 Å². The smallest absolute Gasteiger partial charge is 0.201 e. The molecular weight excluding hydrogens is 544 g/mol. The Morgan fingerprint density at radius 3 is 2.31 bits per heavy atom. The van der Waals surface area contributed by atoms with Crippen LogP contribution in [-0.2, 0) is 25.3 Å². The number of allylic oxidation sites excluding steroid dienone is 2. The molecule has 0 spiro atoms. The molecule has 0 aliphatic carbocycles. The van der Waals surface area contributed by atoms with Crippen LogP contribution in [0.4, 0.5) is 0 Å². The third-order valence-electron chi connectivity index (χ3n) is 10.4. The summed E-state index contributed by atoms with van der Waals surface area (Å²) in [6.07, 6.45) is 13.6. The fourth-order valence-corrected chi connectivity index (χ4v) is 7.85. The largest absolute Gasteiger partial charge is 0.226 e. The van der Waals surface area contributed by atoms with Gasteiger partial charge in [0.2, 0.25) is 11.2 Å². The van der Waals surface area contributed by atoms with E-state index < -0.39 is 0 Å². The van der Waals surface area contributed by atoms with Gasteiger partial charge >= 0.3 is 0 Å². The number of aromatic nitrogens is 2. The molecule has 4 aromatic carbocycles. The predicted molar refractivity (Wildman–Crippen MR) is 189 cm³/mol. The number of rotatable bonds is 9. The molecule has 45 heavy (non-hydrogen) atoms. The third kappa shape index (κ3) is 4.88.